The van der Waals surface area contributed by atoms with Crippen LogP contribution < -0.4 is 15.0 Å². The highest BCUT2D eigenvalue weighted by molar-refractivity contribution is 6.36. The fraction of sp³-hybridized carbons (Fsp3) is 0.176. The van der Waals surface area contributed by atoms with Gasteiger partial charge in [-0.15, -0.1) is 0 Å². The number of anilines is 2. The van der Waals surface area contributed by atoms with Crippen molar-refractivity contribution < 1.29 is 14.3 Å². The van der Waals surface area contributed by atoms with Crippen LogP contribution in [0.2, 0.25) is 10.0 Å². The Labute approximate surface area is 150 Å². The van der Waals surface area contributed by atoms with Crippen molar-refractivity contribution in [2.45, 2.75) is 6.92 Å². The summed E-state index contributed by atoms with van der Waals surface area (Å²) in [6.07, 6.45) is 0. The van der Waals surface area contributed by atoms with Crippen molar-refractivity contribution in [3.05, 3.63) is 52.5 Å². The smallest absolute Gasteiger partial charge is 0.244 e. The molecule has 0 saturated heterocycles. The molecule has 0 bridgehead atoms. The Bertz CT molecular complexity index is 765. The Morgan fingerprint density at radius 2 is 1.92 bits per heavy atom. The number of rotatable bonds is 5. The lowest BCUT2D eigenvalue weighted by atomic mass is 10.2. The highest BCUT2D eigenvalue weighted by Gasteiger charge is 2.17. The Kier molecular flexibility index (Phi) is 6.06. The van der Waals surface area contributed by atoms with E-state index >= 15 is 0 Å². The van der Waals surface area contributed by atoms with Crippen LogP contribution in [0.4, 0.5) is 11.4 Å². The van der Waals surface area contributed by atoms with Gasteiger partial charge in [0.25, 0.3) is 0 Å². The SMILES string of the molecule is COc1cccc(N(CC(=O)Nc2ccc(Cl)cc2Cl)C(C)=O)c1. The normalized spacial score (nSPS) is 10.2. The first-order chi connectivity index (χ1) is 11.4. The number of ether oxygens (including phenoxy) is 1. The van der Waals surface area contributed by atoms with E-state index in [2.05, 4.69) is 5.32 Å². The average molecular weight is 367 g/mol. The van der Waals surface area contributed by atoms with E-state index in [0.717, 1.165) is 0 Å². The maximum absolute atomic E-state index is 12.3. The quantitative estimate of drug-likeness (QED) is 0.869. The van der Waals surface area contributed by atoms with Crippen LogP contribution in [0.3, 0.4) is 0 Å². The number of carbonyl (C=O) groups excluding carboxylic acids is 2. The molecule has 2 amide bonds. The Hall–Kier alpha value is -2.24. The minimum Gasteiger partial charge on any atom is -0.497 e. The Balaban J connectivity index is 2.15. The molecule has 0 spiro atoms. The van der Waals surface area contributed by atoms with E-state index in [4.69, 9.17) is 27.9 Å². The molecule has 2 aromatic rings. The van der Waals surface area contributed by atoms with Crippen LogP contribution in [-0.2, 0) is 9.59 Å². The largest absolute Gasteiger partial charge is 0.497 e. The van der Waals surface area contributed by atoms with Crippen molar-refractivity contribution in [1.82, 2.24) is 0 Å². The van der Waals surface area contributed by atoms with E-state index in [1.165, 1.54) is 25.0 Å². The Morgan fingerprint density at radius 1 is 1.17 bits per heavy atom. The zero-order chi connectivity index (χ0) is 17.7. The van der Waals surface area contributed by atoms with Crippen molar-refractivity contribution in [3.63, 3.8) is 0 Å². The monoisotopic (exact) mass is 366 g/mol. The lowest BCUT2D eigenvalue weighted by Crippen LogP contribution is -2.36. The van der Waals surface area contributed by atoms with Crippen molar-refractivity contribution >= 4 is 46.4 Å². The maximum atomic E-state index is 12.3. The average Bonchev–Trinajstić information content (AvgIpc) is 2.55. The highest BCUT2D eigenvalue weighted by Crippen LogP contribution is 2.26. The zero-order valence-electron chi connectivity index (χ0n) is 13.2. The van der Waals surface area contributed by atoms with Crippen LogP contribution in [0.1, 0.15) is 6.92 Å². The van der Waals surface area contributed by atoms with E-state index in [1.807, 2.05) is 0 Å². The summed E-state index contributed by atoms with van der Waals surface area (Å²) in [7, 11) is 1.53. The molecule has 0 unspecified atom stereocenters. The molecular weight excluding hydrogens is 351 g/mol. The summed E-state index contributed by atoms with van der Waals surface area (Å²) in [4.78, 5) is 25.5. The molecule has 0 aliphatic heterocycles. The lowest BCUT2D eigenvalue weighted by Gasteiger charge is -2.21. The van der Waals surface area contributed by atoms with E-state index in [1.54, 1.807) is 36.4 Å². The van der Waals surface area contributed by atoms with Crippen LogP contribution >= 0.6 is 23.2 Å². The fourth-order valence-corrected chi connectivity index (χ4v) is 2.54. The predicted octanol–water partition coefficient (Wildman–Crippen LogP) is 3.99. The van der Waals surface area contributed by atoms with Crippen LogP contribution in [-0.4, -0.2) is 25.5 Å². The fourth-order valence-electron chi connectivity index (χ4n) is 2.09. The third kappa shape index (κ3) is 4.63. The second kappa shape index (κ2) is 8.04. The molecule has 7 heteroatoms. The maximum Gasteiger partial charge on any atom is 0.244 e. The molecular formula is C17H16Cl2N2O3. The standard InChI is InChI=1S/C17H16Cl2N2O3/c1-11(22)21(13-4-3-5-14(9-13)24-2)10-17(23)20-16-7-6-12(18)8-15(16)19/h3-9H,10H2,1-2H3,(H,20,23). The number of nitrogens with zero attached hydrogens (tertiary/aromatic N) is 1. The van der Waals surface area contributed by atoms with Gasteiger partial charge in [0, 0.05) is 23.7 Å². The zero-order valence-corrected chi connectivity index (χ0v) is 14.7. The third-order valence-electron chi connectivity index (χ3n) is 3.25. The third-order valence-corrected chi connectivity index (χ3v) is 3.80. The molecule has 2 aromatic carbocycles. The van der Waals surface area contributed by atoms with Gasteiger partial charge in [0.1, 0.15) is 12.3 Å². The summed E-state index contributed by atoms with van der Waals surface area (Å²) in [6.45, 7) is 1.24. The topological polar surface area (TPSA) is 58.6 Å². The lowest BCUT2D eigenvalue weighted by molar-refractivity contribution is -0.120. The predicted molar refractivity (Wildman–Crippen MR) is 96.1 cm³/mol. The molecule has 2 rings (SSSR count). The van der Waals surface area contributed by atoms with Gasteiger partial charge in [-0.2, -0.15) is 0 Å². The van der Waals surface area contributed by atoms with E-state index in [0.29, 0.717) is 27.2 Å². The minimum absolute atomic E-state index is 0.151. The summed E-state index contributed by atoms with van der Waals surface area (Å²) in [5.74, 6) is -0.0437. The summed E-state index contributed by atoms with van der Waals surface area (Å²) in [6, 6.07) is 11.7. The highest BCUT2D eigenvalue weighted by atomic mass is 35.5. The van der Waals surface area contributed by atoms with Gasteiger partial charge in [-0.1, -0.05) is 29.3 Å². The molecule has 0 aromatic heterocycles. The summed E-state index contributed by atoms with van der Waals surface area (Å²) >= 11 is 11.9. The number of hydrogen-bond donors (Lipinski definition) is 1. The first kappa shape index (κ1) is 18.1. The van der Waals surface area contributed by atoms with E-state index < -0.39 is 0 Å². The summed E-state index contributed by atoms with van der Waals surface area (Å²) in [5, 5.41) is 3.46. The number of halogens is 2. The van der Waals surface area contributed by atoms with Crippen molar-refractivity contribution in [2.24, 2.45) is 0 Å². The molecule has 1 N–H and O–H groups in total. The molecule has 0 radical (unpaired) electrons. The van der Waals surface area contributed by atoms with Crippen LogP contribution in [0.15, 0.2) is 42.5 Å². The Morgan fingerprint density at radius 3 is 2.54 bits per heavy atom. The van der Waals surface area contributed by atoms with Crippen LogP contribution in [0.25, 0.3) is 0 Å². The first-order valence-corrected chi connectivity index (χ1v) is 7.83. The molecule has 0 atom stereocenters. The van der Waals surface area contributed by atoms with Crippen molar-refractivity contribution in [3.8, 4) is 5.75 Å². The molecule has 24 heavy (non-hydrogen) atoms. The summed E-state index contributed by atoms with van der Waals surface area (Å²) < 4.78 is 5.14. The van der Waals surface area contributed by atoms with Crippen LogP contribution in [0.5, 0.6) is 5.75 Å². The molecule has 126 valence electrons. The number of nitrogens with one attached hydrogen (secondary N) is 1. The molecule has 0 heterocycles. The van der Waals surface area contributed by atoms with Gasteiger partial charge >= 0.3 is 0 Å². The number of methoxy groups -OCH3 is 1. The molecule has 0 aliphatic rings. The molecule has 0 saturated carbocycles. The van der Waals surface area contributed by atoms with Crippen LogP contribution in [0, 0.1) is 0 Å². The van der Waals surface area contributed by atoms with E-state index in [9.17, 15) is 9.59 Å². The van der Waals surface area contributed by atoms with Gasteiger partial charge in [-0.25, -0.2) is 0 Å². The van der Waals surface area contributed by atoms with E-state index in [-0.39, 0.29) is 18.4 Å². The first-order valence-electron chi connectivity index (χ1n) is 7.07. The van der Waals surface area contributed by atoms with Crippen molar-refractivity contribution in [2.75, 3.05) is 23.9 Å². The number of hydrogen-bond acceptors (Lipinski definition) is 3. The number of benzene rings is 2. The minimum atomic E-state index is -0.378. The molecule has 5 nitrogen and oxygen atoms in total. The molecule has 0 fully saturated rings. The second-order valence-electron chi connectivity index (χ2n) is 4.98. The van der Waals surface area contributed by atoms with Crippen molar-refractivity contribution in [1.29, 1.82) is 0 Å². The molecule has 0 aliphatic carbocycles. The number of amides is 2. The van der Waals surface area contributed by atoms with Gasteiger partial charge < -0.3 is 15.0 Å². The van der Waals surface area contributed by atoms with Gasteiger partial charge in [0.05, 0.1) is 17.8 Å². The van der Waals surface area contributed by atoms with Gasteiger partial charge in [0.15, 0.2) is 0 Å². The number of carbonyl (C=O) groups is 2. The second-order valence-corrected chi connectivity index (χ2v) is 5.82. The van der Waals surface area contributed by atoms with Gasteiger partial charge in [-0.05, 0) is 30.3 Å². The van der Waals surface area contributed by atoms with Gasteiger partial charge in [0.2, 0.25) is 11.8 Å². The van der Waals surface area contributed by atoms with Gasteiger partial charge in [-0.3, -0.25) is 9.59 Å². The summed E-state index contributed by atoms with van der Waals surface area (Å²) in [5.41, 5.74) is 0.999.